The van der Waals surface area contributed by atoms with Crippen LogP contribution in [0.2, 0.25) is 0 Å². The minimum absolute atomic E-state index is 0.00237. The number of nitrogens with one attached hydrogen (secondary N) is 3. The van der Waals surface area contributed by atoms with E-state index in [9.17, 15) is 24.0 Å². The van der Waals surface area contributed by atoms with Crippen LogP contribution >= 0.6 is 0 Å². The smallest absolute Gasteiger partial charge is 0.328 e. The summed E-state index contributed by atoms with van der Waals surface area (Å²) in [7, 11) is 9.88. The van der Waals surface area contributed by atoms with E-state index in [1.807, 2.05) is 89.2 Å². The van der Waals surface area contributed by atoms with Gasteiger partial charge in [0.25, 0.3) is 0 Å². The van der Waals surface area contributed by atoms with Crippen molar-refractivity contribution in [3.05, 3.63) is 65.7 Å². The maximum absolute atomic E-state index is 14.2. The zero-order chi connectivity index (χ0) is 44.5. The minimum atomic E-state index is -0.894. The first-order chi connectivity index (χ1) is 28.6. The number of esters is 1. The maximum atomic E-state index is 14.2. The molecular weight excluding hydrogens is 765 g/mol. The van der Waals surface area contributed by atoms with Crippen LogP contribution in [-0.2, 0) is 51.0 Å². The molecule has 0 unspecified atom stereocenters. The van der Waals surface area contributed by atoms with E-state index in [2.05, 4.69) is 28.1 Å². The second-order valence-corrected chi connectivity index (χ2v) is 16.5. The number of likely N-dealkylation sites (N-methyl/N-ethyl adjacent to an activating group) is 2. The summed E-state index contributed by atoms with van der Waals surface area (Å²) in [5.41, 5.74) is 3.08. The lowest BCUT2D eigenvalue weighted by molar-refractivity contribution is -0.148. The van der Waals surface area contributed by atoms with Crippen LogP contribution < -0.4 is 16.0 Å². The Bertz CT molecular complexity index is 1660. The third-order valence-electron chi connectivity index (χ3n) is 12.2. The van der Waals surface area contributed by atoms with Gasteiger partial charge in [0.05, 0.1) is 56.3 Å². The van der Waals surface area contributed by atoms with Gasteiger partial charge in [0, 0.05) is 53.5 Å². The van der Waals surface area contributed by atoms with Crippen LogP contribution in [0.25, 0.3) is 0 Å². The minimum Gasteiger partial charge on any atom is -0.467 e. The highest BCUT2D eigenvalue weighted by atomic mass is 16.5. The normalized spacial score (nSPS) is 17.6. The SMILES string of the molecule is CC[C@H](C)[C@@H]([C@@H](CC(=O)N1CCC[C@H]1[C@H](OC)[C@@H](C)C(=O)N[C@@H](Cc1ccccc1)C(=O)OC)OC)N(C)C(=O)CNC(=O)[C@H](C(C)C)N(C)CCc1ccc(NC)cc1. The topological polar surface area (TPSA) is 159 Å². The molecule has 60 heavy (non-hydrogen) atoms. The molecular formula is C46H72N6O8. The van der Waals surface area contributed by atoms with E-state index >= 15 is 0 Å². The molecule has 14 heteroatoms. The summed E-state index contributed by atoms with van der Waals surface area (Å²) in [6, 6.07) is 15.4. The van der Waals surface area contributed by atoms with Crippen LogP contribution in [-0.4, -0.2) is 143 Å². The van der Waals surface area contributed by atoms with Gasteiger partial charge in [-0.25, -0.2) is 4.79 Å². The van der Waals surface area contributed by atoms with E-state index in [1.165, 1.54) is 19.8 Å². The third-order valence-corrected chi connectivity index (χ3v) is 12.2. The second-order valence-electron chi connectivity index (χ2n) is 16.5. The van der Waals surface area contributed by atoms with Gasteiger partial charge >= 0.3 is 5.97 Å². The highest BCUT2D eigenvalue weighted by Crippen LogP contribution is 2.29. The van der Waals surface area contributed by atoms with E-state index < -0.39 is 48.3 Å². The number of carbonyl (C=O) groups is 5. The van der Waals surface area contributed by atoms with Crippen LogP contribution in [0.4, 0.5) is 5.69 Å². The molecule has 2 aromatic carbocycles. The van der Waals surface area contributed by atoms with Gasteiger partial charge in [-0.3, -0.25) is 24.1 Å². The number of amides is 4. The Labute approximate surface area is 358 Å². The maximum Gasteiger partial charge on any atom is 0.328 e. The molecule has 8 atom stereocenters. The fourth-order valence-corrected chi connectivity index (χ4v) is 8.50. The first kappa shape index (κ1) is 49.8. The Morgan fingerprint density at radius 2 is 1.55 bits per heavy atom. The van der Waals surface area contributed by atoms with E-state index in [-0.39, 0.29) is 54.9 Å². The van der Waals surface area contributed by atoms with Gasteiger partial charge < -0.3 is 40.0 Å². The molecule has 1 aliphatic heterocycles. The van der Waals surface area contributed by atoms with Gasteiger partial charge in [-0.15, -0.1) is 0 Å². The number of hydrogen-bond acceptors (Lipinski definition) is 10. The van der Waals surface area contributed by atoms with Crippen LogP contribution in [0.1, 0.15) is 71.4 Å². The van der Waals surface area contributed by atoms with Crippen LogP contribution in [0.3, 0.4) is 0 Å². The molecule has 1 fully saturated rings. The lowest BCUT2D eigenvalue weighted by atomic mass is 9.90. The number of carbonyl (C=O) groups excluding carboxylic acids is 5. The molecule has 0 spiro atoms. The lowest BCUT2D eigenvalue weighted by Crippen LogP contribution is -2.55. The molecule has 334 valence electrons. The average molecular weight is 837 g/mol. The summed E-state index contributed by atoms with van der Waals surface area (Å²) in [4.78, 5) is 73.4. The number of benzene rings is 2. The van der Waals surface area contributed by atoms with Crippen molar-refractivity contribution < 1.29 is 38.2 Å². The Hall–Kier alpha value is -4.53. The number of rotatable bonds is 24. The fourth-order valence-electron chi connectivity index (χ4n) is 8.50. The monoisotopic (exact) mass is 837 g/mol. The molecule has 0 saturated carbocycles. The largest absolute Gasteiger partial charge is 0.467 e. The van der Waals surface area contributed by atoms with Crippen LogP contribution in [0.5, 0.6) is 0 Å². The van der Waals surface area contributed by atoms with Crippen molar-refractivity contribution in [3.63, 3.8) is 0 Å². The van der Waals surface area contributed by atoms with E-state index in [0.717, 1.165) is 30.5 Å². The van der Waals surface area contributed by atoms with E-state index in [0.29, 0.717) is 19.5 Å². The summed E-state index contributed by atoms with van der Waals surface area (Å²) in [6.45, 7) is 10.7. The molecule has 3 rings (SSSR count). The van der Waals surface area contributed by atoms with Gasteiger partial charge in [0.2, 0.25) is 23.6 Å². The summed E-state index contributed by atoms with van der Waals surface area (Å²) in [6.07, 6.45) is 1.83. The van der Waals surface area contributed by atoms with Crippen molar-refractivity contribution >= 4 is 35.3 Å². The van der Waals surface area contributed by atoms with Gasteiger partial charge in [0.1, 0.15) is 6.04 Å². The average Bonchev–Trinajstić information content (AvgIpc) is 3.74. The second kappa shape index (κ2) is 24.7. The van der Waals surface area contributed by atoms with E-state index in [4.69, 9.17) is 14.2 Å². The van der Waals surface area contributed by atoms with Crippen molar-refractivity contribution in [3.8, 4) is 0 Å². The predicted molar refractivity (Wildman–Crippen MR) is 234 cm³/mol. The molecule has 0 aliphatic carbocycles. The number of likely N-dealkylation sites (tertiary alicyclic amines) is 1. The van der Waals surface area contributed by atoms with Crippen LogP contribution in [0, 0.1) is 17.8 Å². The van der Waals surface area contributed by atoms with Gasteiger partial charge in [0.15, 0.2) is 0 Å². The Morgan fingerprint density at radius 3 is 2.12 bits per heavy atom. The molecule has 2 aromatic rings. The quantitative estimate of drug-likeness (QED) is 0.131. The highest BCUT2D eigenvalue weighted by molar-refractivity contribution is 5.88. The number of methoxy groups -OCH3 is 3. The Morgan fingerprint density at radius 1 is 0.883 bits per heavy atom. The fraction of sp³-hybridized carbons (Fsp3) is 0.630. The summed E-state index contributed by atoms with van der Waals surface area (Å²) in [5.74, 6) is -2.33. The van der Waals surface area contributed by atoms with Crippen molar-refractivity contribution in [2.75, 3.05) is 67.4 Å². The lowest BCUT2D eigenvalue weighted by Gasteiger charge is -2.39. The first-order valence-corrected chi connectivity index (χ1v) is 21.4. The number of nitrogens with zero attached hydrogens (tertiary/aromatic N) is 3. The standard InChI is InChI=1S/C46H72N6O8/c1-12-31(4)42(51(8)40(54)29-48-45(56)41(30(2)3)50(7)26-24-33-20-22-35(47-6)23-21-33)38(58-9)28-39(53)52-25-16-19-37(52)43(59-10)32(5)44(55)49-36(46(57)60-11)27-34-17-14-13-15-18-34/h13-15,17-18,20-23,30-32,36-38,41-43,47H,12,16,19,24-29H2,1-11H3,(H,48,56)(H,49,55)/t31-,32+,36-,37-,38+,41-,42-,43+/m0/s1. The molecule has 4 amide bonds. The van der Waals surface area contributed by atoms with Gasteiger partial charge in [-0.1, -0.05) is 83.5 Å². The predicted octanol–water partition coefficient (Wildman–Crippen LogP) is 4.16. The first-order valence-electron chi connectivity index (χ1n) is 21.4. The zero-order valence-electron chi connectivity index (χ0n) is 37.9. The molecule has 0 aromatic heterocycles. The van der Waals surface area contributed by atoms with Crippen LogP contribution in [0.15, 0.2) is 54.6 Å². The summed E-state index contributed by atoms with van der Waals surface area (Å²) in [5, 5.41) is 8.89. The van der Waals surface area contributed by atoms with Crippen molar-refractivity contribution in [2.45, 2.75) is 110 Å². The van der Waals surface area contributed by atoms with E-state index in [1.54, 1.807) is 30.9 Å². The molecule has 1 heterocycles. The Kier molecular flexibility index (Phi) is 20.5. The summed E-state index contributed by atoms with van der Waals surface area (Å²) < 4.78 is 16.9. The molecule has 1 aliphatic rings. The molecule has 0 radical (unpaired) electrons. The number of hydrogen-bond donors (Lipinski definition) is 3. The molecule has 3 N–H and O–H groups in total. The number of ether oxygens (including phenoxy) is 3. The Balaban J connectivity index is 1.67. The highest BCUT2D eigenvalue weighted by Gasteiger charge is 2.42. The van der Waals surface area contributed by atoms with Crippen molar-refractivity contribution in [1.29, 1.82) is 0 Å². The third kappa shape index (κ3) is 13.8. The molecule has 1 saturated heterocycles. The van der Waals surface area contributed by atoms with Crippen molar-refractivity contribution in [1.82, 2.24) is 25.3 Å². The van der Waals surface area contributed by atoms with Gasteiger partial charge in [-0.2, -0.15) is 0 Å². The van der Waals surface area contributed by atoms with Gasteiger partial charge in [-0.05, 0) is 61.4 Å². The molecule has 0 bridgehead atoms. The number of anilines is 1. The zero-order valence-corrected chi connectivity index (χ0v) is 37.9. The molecule has 14 nitrogen and oxygen atoms in total. The summed E-state index contributed by atoms with van der Waals surface area (Å²) >= 11 is 0. The van der Waals surface area contributed by atoms with Crippen molar-refractivity contribution in [2.24, 2.45) is 17.8 Å².